The highest BCUT2D eigenvalue weighted by Gasteiger charge is 2.19. The Morgan fingerprint density at radius 2 is 2.00 bits per heavy atom. The number of aromatic nitrogens is 1. The number of nitrogens with zero attached hydrogens (tertiary/aromatic N) is 2. The van der Waals surface area contributed by atoms with Crippen LogP contribution in [0.2, 0.25) is 0 Å². The molecule has 0 unspecified atom stereocenters. The maximum Gasteiger partial charge on any atom is 0.172 e. The van der Waals surface area contributed by atoms with Crippen LogP contribution in [0.5, 0.6) is 0 Å². The van der Waals surface area contributed by atoms with Crippen molar-refractivity contribution in [2.24, 2.45) is 4.99 Å². The van der Waals surface area contributed by atoms with Gasteiger partial charge < -0.3 is 4.74 Å². The highest BCUT2D eigenvalue weighted by molar-refractivity contribution is 6.15. The highest BCUT2D eigenvalue weighted by atomic mass is 19.1. The second-order valence-electron chi connectivity index (χ2n) is 5.10. The fourth-order valence-corrected chi connectivity index (χ4v) is 2.30. The highest BCUT2D eigenvalue weighted by Crippen LogP contribution is 2.24. The number of aliphatic imine (C=N–C) groups is 1. The molecule has 1 aromatic carbocycles. The zero-order chi connectivity index (χ0) is 15.4. The number of fused-ring (bicyclic) bond motifs is 1. The van der Waals surface area contributed by atoms with Gasteiger partial charge in [-0.15, -0.1) is 0 Å². The summed E-state index contributed by atoms with van der Waals surface area (Å²) in [5.74, 6) is -0.219. The van der Waals surface area contributed by atoms with Gasteiger partial charge in [0, 0.05) is 12.4 Å². The lowest BCUT2D eigenvalue weighted by Gasteiger charge is -2.14. The van der Waals surface area contributed by atoms with Crippen molar-refractivity contribution in [3.63, 3.8) is 0 Å². The molecule has 2 heterocycles. The molecule has 112 valence electrons. The summed E-state index contributed by atoms with van der Waals surface area (Å²) in [4.78, 5) is 20.3. The van der Waals surface area contributed by atoms with Crippen LogP contribution in [0.1, 0.15) is 22.3 Å². The van der Waals surface area contributed by atoms with Crippen LogP contribution in [0.15, 0.2) is 47.7 Å². The van der Waals surface area contributed by atoms with E-state index in [2.05, 4.69) is 9.98 Å². The van der Waals surface area contributed by atoms with E-state index in [1.54, 1.807) is 30.6 Å². The Labute approximate surface area is 127 Å². The van der Waals surface area contributed by atoms with Gasteiger partial charge in [0.2, 0.25) is 0 Å². The first-order valence-corrected chi connectivity index (χ1v) is 7.08. The Balaban J connectivity index is 1.53. The maximum absolute atomic E-state index is 12.8. The van der Waals surface area contributed by atoms with E-state index in [1.165, 1.54) is 12.1 Å². The van der Waals surface area contributed by atoms with Crippen LogP contribution in [0.25, 0.3) is 0 Å². The Hall–Kier alpha value is -2.40. The average Bonchev–Trinajstić information content (AvgIpc) is 2.53. The molecule has 1 aromatic heterocycles. The van der Waals surface area contributed by atoms with Crippen LogP contribution in [0.4, 0.5) is 10.1 Å². The third-order valence-electron chi connectivity index (χ3n) is 3.46. The third kappa shape index (κ3) is 3.43. The number of halogens is 1. The van der Waals surface area contributed by atoms with Gasteiger partial charge in [0.05, 0.1) is 36.6 Å². The Kier molecular flexibility index (Phi) is 4.34. The predicted molar refractivity (Wildman–Crippen MR) is 81.2 cm³/mol. The molecular weight excluding hydrogens is 283 g/mol. The number of rotatable bonds is 5. The van der Waals surface area contributed by atoms with E-state index < -0.39 is 0 Å². The Bertz CT molecular complexity index is 711. The van der Waals surface area contributed by atoms with Crippen LogP contribution in [-0.2, 0) is 11.2 Å². The Morgan fingerprint density at radius 1 is 1.18 bits per heavy atom. The lowest BCUT2D eigenvalue weighted by Crippen LogP contribution is -2.19. The summed E-state index contributed by atoms with van der Waals surface area (Å²) >= 11 is 0. The number of pyridine rings is 1. The van der Waals surface area contributed by atoms with Gasteiger partial charge in [-0.3, -0.25) is 14.8 Å². The first kappa shape index (κ1) is 14.5. The summed E-state index contributed by atoms with van der Waals surface area (Å²) in [6, 6.07) is 8.08. The molecule has 0 aliphatic carbocycles. The van der Waals surface area contributed by atoms with E-state index in [0.717, 1.165) is 11.3 Å². The van der Waals surface area contributed by atoms with E-state index in [-0.39, 0.29) is 18.0 Å². The van der Waals surface area contributed by atoms with E-state index in [9.17, 15) is 9.18 Å². The number of ketones is 1. The summed E-state index contributed by atoms with van der Waals surface area (Å²) in [5.41, 5.74) is 2.96. The van der Waals surface area contributed by atoms with E-state index in [4.69, 9.17) is 4.74 Å². The molecule has 0 amide bonds. The van der Waals surface area contributed by atoms with Crippen molar-refractivity contribution < 1.29 is 13.9 Å². The maximum atomic E-state index is 12.8. The fraction of sp³-hybridized carbons (Fsp3) is 0.235. The molecule has 0 bridgehead atoms. The lowest BCUT2D eigenvalue weighted by molar-refractivity contribution is 0.0994. The molecule has 1 aliphatic heterocycles. The second kappa shape index (κ2) is 6.58. The average molecular weight is 298 g/mol. The molecule has 0 radical (unpaired) electrons. The summed E-state index contributed by atoms with van der Waals surface area (Å²) < 4.78 is 18.4. The standard InChI is InChI=1S/C17H15FN2O2/c18-13-3-1-12(2-4-13)6-8-22-11-14-9-17(21)15-10-19-7-5-16(15)20-14/h1-5,7,10H,6,8-9,11H2. The summed E-state index contributed by atoms with van der Waals surface area (Å²) in [6.07, 6.45) is 4.14. The van der Waals surface area contributed by atoms with Gasteiger partial charge in [-0.25, -0.2) is 4.39 Å². The van der Waals surface area contributed by atoms with Crippen molar-refractivity contribution in [2.45, 2.75) is 12.8 Å². The van der Waals surface area contributed by atoms with Gasteiger partial charge in [0.1, 0.15) is 5.82 Å². The normalized spacial score (nSPS) is 13.7. The molecule has 0 atom stereocenters. The molecule has 22 heavy (non-hydrogen) atoms. The molecule has 5 heteroatoms. The number of benzene rings is 1. The SMILES string of the molecule is O=C1CC(COCCc2ccc(F)cc2)=Nc2ccncc21. The summed E-state index contributed by atoms with van der Waals surface area (Å²) in [5, 5.41) is 0. The quantitative estimate of drug-likeness (QED) is 0.797. The zero-order valence-electron chi connectivity index (χ0n) is 12.0. The smallest absolute Gasteiger partial charge is 0.172 e. The monoisotopic (exact) mass is 298 g/mol. The van der Waals surface area contributed by atoms with Crippen LogP contribution in [-0.4, -0.2) is 29.7 Å². The Morgan fingerprint density at radius 3 is 2.82 bits per heavy atom. The van der Waals surface area contributed by atoms with Gasteiger partial charge in [0.25, 0.3) is 0 Å². The minimum Gasteiger partial charge on any atom is -0.375 e. The molecule has 1 aliphatic rings. The number of Topliss-reactive ketones (excluding diaryl/α,β-unsaturated/α-hetero) is 1. The van der Waals surface area contributed by atoms with E-state index in [1.807, 2.05) is 0 Å². The molecule has 0 fully saturated rings. The van der Waals surface area contributed by atoms with Gasteiger partial charge in [-0.1, -0.05) is 12.1 Å². The number of carbonyl (C=O) groups excluding carboxylic acids is 1. The van der Waals surface area contributed by atoms with Crippen LogP contribution < -0.4 is 0 Å². The van der Waals surface area contributed by atoms with Crippen molar-refractivity contribution in [1.82, 2.24) is 4.98 Å². The van der Waals surface area contributed by atoms with Crippen molar-refractivity contribution >= 4 is 17.2 Å². The third-order valence-corrected chi connectivity index (χ3v) is 3.46. The van der Waals surface area contributed by atoms with Crippen molar-refractivity contribution in [3.05, 3.63) is 59.7 Å². The molecule has 0 N–H and O–H groups in total. The molecule has 2 aromatic rings. The molecule has 0 saturated heterocycles. The molecule has 0 spiro atoms. The first-order valence-electron chi connectivity index (χ1n) is 7.08. The van der Waals surface area contributed by atoms with Crippen LogP contribution >= 0.6 is 0 Å². The van der Waals surface area contributed by atoms with Crippen molar-refractivity contribution in [2.75, 3.05) is 13.2 Å². The summed E-state index contributed by atoms with van der Waals surface area (Å²) in [6.45, 7) is 0.830. The second-order valence-corrected chi connectivity index (χ2v) is 5.10. The van der Waals surface area contributed by atoms with Crippen molar-refractivity contribution in [3.8, 4) is 0 Å². The number of hydrogen-bond donors (Lipinski definition) is 0. The lowest BCUT2D eigenvalue weighted by atomic mass is 10.0. The van der Waals surface area contributed by atoms with Crippen LogP contribution in [0, 0.1) is 5.82 Å². The molecule has 4 nitrogen and oxygen atoms in total. The predicted octanol–water partition coefficient (Wildman–Crippen LogP) is 3.14. The minimum absolute atomic E-state index is 0.0234. The van der Waals surface area contributed by atoms with E-state index in [0.29, 0.717) is 30.9 Å². The molecule has 0 saturated carbocycles. The van der Waals surface area contributed by atoms with Gasteiger partial charge in [-0.05, 0) is 30.2 Å². The molecule has 3 rings (SSSR count). The van der Waals surface area contributed by atoms with Gasteiger partial charge >= 0.3 is 0 Å². The summed E-state index contributed by atoms with van der Waals surface area (Å²) in [7, 11) is 0. The number of carbonyl (C=O) groups is 1. The minimum atomic E-state index is -0.243. The van der Waals surface area contributed by atoms with Gasteiger partial charge in [0.15, 0.2) is 5.78 Å². The topological polar surface area (TPSA) is 51.5 Å². The zero-order valence-corrected chi connectivity index (χ0v) is 12.0. The van der Waals surface area contributed by atoms with E-state index >= 15 is 0 Å². The van der Waals surface area contributed by atoms with Gasteiger partial charge in [-0.2, -0.15) is 0 Å². The number of hydrogen-bond acceptors (Lipinski definition) is 4. The first-order chi connectivity index (χ1) is 10.7. The van der Waals surface area contributed by atoms with Crippen LogP contribution in [0.3, 0.4) is 0 Å². The van der Waals surface area contributed by atoms with Crippen molar-refractivity contribution in [1.29, 1.82) is 0 Å². The number of ether oxygens (including phenoxy) is 1. The molecular formula is C17H15FN2O2. The largest absolute Gasteiger partial charge is 0.375 e. The fourth-order valence-electron chi connectivity index (χ4n) is 2.30.